The van der Waals surface area contributed by atoms with Gasteiger partial charge in [0.15, 0.2) is 0 Å². The monoisotopic (exact) mass is 347 g/mol. The molecule has 1 rings (SSSR count). The zero-order chi connectivity index (χ0) is 18.7. The lowest BCUT2D eigenvalue weighted by Crippen LogP contribution is -2.45. The van der Waals surface area contributed by atoms with Crippen LogP contribution in [0.1, 0.15) is 25.8 Å². The van der Waals surface area contributed by atoms with Crippen LogP contribution in [-0.4, -0.2) is 44.0 Å². The van der Waals surface area contributed by atoms with Crippen molar-refractivity contribution in [3.8, 4) is 5.75 Å². The van der Waals surface area contributed by atoms with Gasteiger partial charge in [0.1, 0.15) is 11.8 Å². The Morgan fingerprint density at radius 2 is 1.84 bits per heavy atom. The van der Waals surface area contributed by atoms with Crippen LogP contribution >= 0.6 is 0 Å². The fourth-order valence-electron chi connectivity index (χ4n) is 1.95. The summed E-state index contributed by atoms with van der Waals surface area (Å²) in [5.74, 6) is -0.0737. The lowest BCUT2D eigenvalue weighted by molar-refractivity contribution is -0.128. The Balaban J connectivity index is 2.30. The molecule has 0 saturated carbocycles. The molecule has 0 fully saturated rings. The summed E-state index contributed by atoms with van der Waals surface area (Å²) >= 11 is 0. The third-order valence-electron chi connectivity index (χ3n) is 3.32. The van der Waals surface area contributed by atoms with E-state index < -0.39 is 6.04 Å². The fourth-order valence-corrected chi connectivity index (χ4v) is 1.95. The van der Waals surface area contributed by atoms with Gasteiger partial charge >= 0.3 is 0 Å². The normalized spacial score (nSPS) is 11.6. The highest BCUT2D eigenvalue weighted by Gasteiger charge is 2.14. The van der Waals surface area contributed by atoms with E-state index in [1.54, 1.807) is 39.2 Å². The molecule has 0 radical (unpaired) electrons. The van der Waals surface area contributed by atoms with Gasteiger partial charge in [-0.25, -0.2) is 0 Å². The number of ether oxygens (including phenoxy) is 1. The lowest BCUT2D eigenvalue weighted by Gasteiger charge is -2.13. The van der Waals surface area contributed by atoms with Crippen LogP contribution in [0.2, 0.25) is 0 Å². The maximum Gasteiger partial charge on any atom is 0.244 e. The molecule has 0 aromatic heterocycles. The molecule has 0 aliphatic heterocycles. The summed E-state index contributed by atoms with van der Waals surface area (Å²) in [4.78, 5) is 34.9. The van der Waals surface area contributed by atoms with E-state index in [9.17, 15) is 14.4 Å². The summed E-state index contributed by atoms with van der Waals surface area (Å²) in [5.41, 5.74) is 0.865. The Bertz CT molecular complexity index is 611. The molecule has 25 heavy (non-hydrogen) atoms. The molecule has 7 heteroatoms. The van der Waals surface area contributed by atoms with E-state index in [1.807, 2.05) is 12.1 Å². The summed E-state index contributed by atoms with van der Waals surface area (Å²) in [5, 5.41) is 7.82. The molecule has 1 atom stereocenters. The maximum atomic E-state index is 11.7. The zero-order valence-electron chi connectivity index (χ0n) is 14.8. The first-order chi connectivity index (χ1) is 12.0. The van der Waals surface area contributed by atoms with E-state index in [2.05, 4.69) is 16.0 Å². The smallest absolute Gasteiger partial charge is 0.244 e. The van der Waals surface area contributed by atoms with Gasteiger partial charge in [-0.05, 0) is 37.6 Å². The van der Waals surface area contributed by atoms with Crippen molar-refractivity contribution in [2.75, 3.05) is 20.2 Å². The van der Waals surface area contributed by atoms with Crippen LogP contribution in [0.5, 0.6) is 5.75 Å². The lowest BCUT2D eigenvalue weighted by atomic mass is 10.2. The number of benzene rings is 1. The molecule has 0 bridgehead atoms. The Labute approximate surface area is 147 Å². The first-order valence-corrected chi connectivity index (χ1v) is 8.13. The minimum absolute atomic E-state index is 0.103. The van der Waals surface area contributed by atoms with Gasteiger partial charge < -0.3 is 20.7 Å². The van der Waals surface area contributed by atoms with E-state index in [0.29, 0.717) is 6.54 Å². The third kappa shape index (κ3) is 8.01. The molecule has 1 aromatic carbocycles. The number of amides is 3. The molecule has 3 N–H and O–H groups in total. The molecule has 0 spiro atoms. The quantitative estimate of drug-likeness (QED) is 0.577. The van der Waals surface area contributed by atoms with Crippen molar-refractivity contribution in [3.05, 3.63) is 35.9 Å². The number of likely N-dealkylation sites (N-methyl/N-ethyl adjacent to an activating group) is 1. The van der Waals surface area contributed by atoms with Crippen LogP contribution < -0.4 is 20.7 Å². The number of carbonyl (C=O) groups excluding carboxylic acids is 3. The van der Waals surface area contributed by atoms with Crippen LogP contribution in [0.4, 0.5) is 0 Å². The molecular weight excluding hydrogens is 322 g/mol. The van der Waals surface area contributed by atoms with Crippen molar-refractivity contribution < 1.29 is 19.1 Å². The van der Waals surface area contributed by atoms with Crippen molar-refractivity contribution in [1.29, 1.82) is 0 Å². The minimum Gasteiger partial charge on any atom is -0.497 e. The summed E-state index contributed by atoms with van der Waals surface area (Å²) < 4.78 is 5.06. The molecule has 0 saturated heterocycles. The summed E-state index contributed by atoms with van der Waals surface area (Å²) in [7, 11) is 1.59. The molecule has 136 valence electrons. The van der Waals surface area contributed by atoms with Crippen LogP contribution in [0, 0.1) is 0 Å². The Morgan fingerprint density at radius 1 is 1.16 bits per heavy atom. The summed E-state index contributed by atoms with van der Waals surface area (Å²) in [6.45, 7) is 4.12. The minimum atomic E-state index is -0.599. The number of methoxy groups -OCH3 is 1. The average molecular weight is 347 g/mol. The van der Waals surface area contributed by atoms with Gasteiger partial charge in [-0.1, -0.05) is 12.1 Å². The number of hydrogen-bond acceptors (Lipinski definition) is 4. The molecule has 1 aromatic rings. The summed E-state index contributed by atoms with van der Waals surface area (Å²) in [6.07, 6.45) is 3.18. The predicted molar refractivity (Wildman–Crippen MR) is 95.9 cm³/mol. The van der Waals surface area contributed by atoms with Crippen molar-refractivity contribution in [3.63, 3.8) is 0 Å². The number of carbonyl (C=O) groups is 3. The van der Waals surface area contributed by atoms with Crippen molar-refractivity contribution in [1.82, 2.24) is 16.0 Å². The largest absolute Gasteiger partial charge is 0.497 e. The molecule has 0 aliphatic rings. The van der Waals surface area contributed by atoms with E-state index in [-0.39, 0.29) is 30.7 Å². The van der Waals surface area contributed by atoms with E-state index in [1.165, 1.54) is 6.08 Å². The van der Waals surface area contributed by atoms with E-state index in [0.717, 1.165) is 11.3 Å². The molecule has 0 unspecified atom stereocenters. The van der Waals surface area contributed by atoms with Gasteiger partial charge in [0, 0.05) is 25.6 Å². The molecule has 0 aliphatic carbocycles. The number of rotatable bonds is 9. The Morgan fingerprint density at radius 3 is 2.44 bits per heavy atom. The number of nitrogens with one attached hydrogen (secondary N) is 3. The topological polar surface area (TPSA) is 96.5 Å². The van der Waals surface area contributed by atoms with Gasteiger partial charge in [0.2, 0.25) is 17.7 Å². The first-order valence-electron chi connectivity index (χ1n) is 8.13. The average Bonchev–Trinajstić information content (AvgIpc) is 2.60. The second-order valence-corrected chi connectivity index (χ2v) is 5.33. The van der Waals surface area contributed by atoms with Gasteiger partial charge in [0.25, 0.3) is 0 Å². The Kier molecular flexibility index (Phi) is 8.78. The molecule has 0 heterocycles. The van der Waals surface area contributed by atoms with Gasteiger partial charge in [-0.3, -0.25) is 14.4 Å². The molecular formula is C18H25N3O4. The molecule has 7 nitrogen and oxygen atoms in total. The summed E-state index contributed by atoms with van der Waals surface area (Å²) in [6, 6.07) is 6.67. The second-order valence-electron chi connectivity index (χ2n) is 5.33. The zero-order valence-corrected chi connectivity index (χ0v) is 14.8. The predicted octanol–water partition coefficient (Wildman–Crippen LogP) is 0.856. The highest BCUT2D eigenvalue weighted by molar-refractivity contribution is 5.92. The molecule has 3 amide bonds. The van der Waals surface area contributed by atoms with E-state index in [4.69, 9.17) is 4.74 Å². The van der Waals surface area contributed by atoms with Crippen molar-refractivity contribution in [2.45, 2.75) is 26.3 Å². The standard InChI is InChI=1S/C18H25N3O4/c1-4-19-18(24)13(2)21-17(23)11-12-20-16(22)10-7-14-5-8-15(25-3)9-6-14/h5-10,13H,4,11-12H2,1-3H3,(H,19,24)(H,20,22)(H,21,23)/b10-7+/t13-/m1/s1. The fraction of sp³-hybridized carbons (Fsp3) is 0.389. The van der Waals surface area contributed by atoms with Gasteiger partial charge in [-0.2, -0.15) is 0 Å². The van der Waals surface area contributed by atoms with Crippen molar-refractivity contribution >= 4 is 23.8 Å². The first kappa shape index (κ1) is 20.2. The highest BCUT2D eigenvalue weighted by Crippen LogP contribution is 2.12. The third-order valence-corrected chi connectivity index (χ3v) is 3.32. The van der Waals surface area contributed by atoms with Crippen molar-refractivity contribution in [2.24, 2.45) is 0 Å². The second kappa shape index (κ2) is 10.9. The van der Waals surface area contributed by atoms with Crippen LogP contribution in [-0.2, 0) is 14.4 Å². The van der Waals surface area contributed by atoms with Crippen LogP contribution in [0.15, 0.2) is 30.3 Å². The SMILES string of the molecule is CCNC(=O)[C@@H](C)NC(=O)CCNC(=O)/C=C/c1ccc(OC)cc1. The van der Waals surface area contributed by atoms with Crippen LogP contribution in [0.25, 0.3) is 6.08 Å². The number of hydrogen-bond donors (Lipinski definition) is 3. The maximum absolute atomic E-state index is 11.7. The Hall–Kier alpha value is -2.83. The van der Waals surface area contributed by atoms with E-state index >= 15 is 0 Å². The van der Waals surface area contributed by atoms with Crippen LogP contribution in [0.3, 0.4) is 0 Å². The highest BCUT2D eigenvalue weighted by atomic mass is 16.5. The van der Waals surface area contributed by atoms with Gasteiger partial charge in [-0.15, -0.1) is 0 Å². The van der Waals surface area contributed by atoms with Gasteiger partial charge in [0.05, 0.1) is 7.11 Å².